The van der Waals surface area contributed by atoms with Gasteiger partial charge in [-0.3, -0.25) is 4.79 Å². The highest BCUT2D eigenvalue weighted by Gasteiger charge is 1.98. The average molecular weight is 287 g/mol. The molecule has 8 nitrogen and oxygen atoms in total. The van der Waals surface area contributed by atoms with Gasteiger partial charge >= 0.3 is 0 Å². The Morgan fingerprint density at radius 3 is 2.60 bits per heavy atom. The maximum absolute atomic E-state index is 10.4. The molecule has 0 aromatic rings. The van der Waals surface area contributed by atoms with Crippen LogP contribution in [-0.4, -0.2) is 29.5 Å². The second-order valence-corrected chi connectivity index (χ2v) is 4.12. The molecule has 4 N–H and O–H groups in total. The van der Waals surface area contributed by atoms with Gasteiger partial charge in [-0.1, -0.05) is 24.8 Å². The van der Waals surface area contributed by atoms with E-state index in [1.165, 1.54) is 6.92 Å². The summed E-state index contributed by atoms with van der Waals surface area (Å²) in [5, 5.41) is 11.8. The average Bonchev–Trinajstić information content (AvgIpc) is 2.28. The zero-order chi connectivity index (χ0) is 16.0. The summed E-state index contributed by atoms with van der Waals surface area (Å²) in [7, 11) is 0. The third-order valence-corrected chi connectivity index (χ3v) is 1.97. The molecule has 0 saturated heterocycles. The Bertz CT molecular complexity index is 331. The minimum absolute atomic E-state index is 0.0179. The van der Waals surface area contributed by atoms with Crippen molar-refractivity contribution in [3.05, 3.63) is 22.8 Å². The molecule has 0 heterocycles. The van der Waals surface area contributed by atoms with E-state index in [4.69, 9.17) is 5.73 Å². The fourth-order valence-corrected chi connectivity index (χ4v) is 1.14. The lowest BCUT2D eigenvalue weighted by molar-refractivity contribution is -0.525. The number of hydrogen-bond donors (Lipinski definition) is 3. The Labute approximate surface area is 119 Å². The minimum atomic E-state index is -0.731. The number of hydrazine groups is 1. The monoisotopic (exact) mass is 287 g/mol. The van der Waals surface area contributed by atoms with Crippen molar-refractivity contribution in [2.24, 2.45) is 10.7 Å². The first kappa shape index (κ1) is 20.2. The third-order valence-electron chi connectivity index (χ3n) is 1.97. The van der Waals surface area contributed by atoms with Gasteiger partial charge in [0.1, 0.15) is 0 Å². The van der Waals surface area contributed by atoms with Crippen LogP contribution in [0.1, 0.15) is 40.0 Å². The number of rotatable bonds is 7. The SMILES string of the molecule is C=CCC(C)NC(C)=O.CCCCN=C(N)N[N+](=O)[O-]. The molecule has 1 amide bonds. The van der Waals surface area contributed by atoms with Gasteiger partial charge in [-0.2, -0.15) is 0 Å². The molecule has 0 bridgehead atoms. The summed E-state index contributed by atoms with van der Waals surface area (Å²) >= 11 is 0. The second-order valence-electron chi connectivity index (χ2n) is 4.12. The topological polar surface area (TPSA) is 123 Å². The molecule has 0 radical (unpaired) electrons. The molecular weight excluding hydrogens is 262 g/mol. The molecular formula is C12H25N5O3. The predicted octanol–water partition coefficient (Wildman–Crippen LogP) is 0.970. The minimum Gasteiger partial charge on any atom is -0.365 e. The molecule has 20 heavy (non-hydrogen) atoms. The number of amides is 1. The van der Waals surface area contributed by atoms with Gasteiger partial charge < -0.3 is 11.1 Å². The molecule has 0 aliphatic carbocycles. The van der Waals surface area contributed by atoms with E-state index in [2.05, 4.69) is 16.9 Å². The Kier molecular flexibility index (Phi) is 13.4. The number of nitro groups is 1. The Balaban J connectivity index is 0. The van der Waals surface area contributed by atoms with Crippen LogP contribution in [0, 0.1) is 10.1 Å². The summed E-state index contributed by atoms with van der Waals surface area (Å²) in [6, 6.07) is 0.222. The third kappa shape index (κ3) is 18.3. The summed E-state index contributed by atoms with van der Waals surface area (Å²) in [4.78, 5) is 23.9. The molecule has 0 rings (SSSR count). The van der Waals surface area contributed by atoms with Gasteiger partial charge in [-0.15, -0.1) is 6.58 Å². The number of carbonyl (C=O) groups excluding carboxylic acids is 1. The van der Waals surface area contributed by atoms with Gasteiger partial charge in [0.15, 0.2) is 5.03 Å². The maximum Gasteiger partial charge on any atom is 0.251 e. The van der Waals surface area contributed by atoms with Crippen molar-refractivity contribution in [3.8, 4) is 0 Å². The number of nitrogens with two attached hydrogens (primary N) is 1. The second kappa shape index (κ2) is 13.3. The normalized spacial score (nSPS) is 11.7. The van der Waals surface area contributed by atoms with Crippen LogP contribution in [0.25, 0.3) is 0 Å². The fourth-order valence-electron chi connectivity index (χ4n) is 1.14. The van der Waals surface area contributed by atoms with E-state index in [1.54, 1.807) is 11.5 Å². The lowest BCUT2D eigenvalue weighted by Crippen LogP contribution is -2.36. The molecule has 0 aromatic heterocycles. The van der Waals surface area contributed by atoms with Crippen molar-refractivity contribution in [2.45, 2.75) is 46.1 Å². The van der Waals surface area contributed by atoms with Crippen LogP contribution in [0.3, 0.4) is 0 Å². The van der Waals surface area contributed by atoms with Crippen LogP contribution in [0.15, 0.2) is 17.6 Å². The maximum atomic E-state index is 10.4. The van der Waals surface area contributed by atoms with Crippen LogP contribution in [0.2, 0.25) is 0 Å². The van der Waals surface area contributed by atoms with Crippen molar-refractivity contribution in [1.82, 2.24) is 10.7 Å². The molecule has 1 unspecified atom stereocenters. The first-order valence-corrected chi connectivity index (χ1v) is 6.42. The Morgan fingerprint density at radius 1 is 1.60 bits per heavy atom. The number of hydrogen-bond acceptors (Lipinski definition) is 4. The molecule has 0 fully saturated rings. The summed E-state index contributed by atoms with van der Waals surface area (Å²) in [6.45, 7) is 9.56. The van der Waals surface area contributed by atoms with Gasteiger partial charge in [0.25, 0.3) is 5.96 Å². The molecule has 0 aromatic carbocycles. The van der Waals surface area contributed by atoms with Crippen molar-refractivity contribution in [2.75, 3.05) is 6.54 Å². The van der Waals surface area contributed by atoms with Crippen LogP contribution >= 0.6 is 0 Å². The van der Waals surface area contributed by atoms with Crippen LogP contribution < -0.4 is 16.5 Å². The lowest BCUT2D eigenvalue weighted by atomic mass is 10.2. The largest absolute Gasteiger partial charge is 0.365 e. The van der Waals surface area contributed by atoms with Gasteiger partial charge in [0.2, 0.25) is 5.91 Å². The van der Waals surface area contributed by atoms with E-state index >= 15 is 0 Å². The molecule has 0 saturated carbocycles. The van der Waals surface area contributed by atoms with Gasteiger partial charge in [0.05, 0.1) is 0 Å². The predicted molar refractivity (Wildman–Crippen MR) is 79.6 cm³/mol. The first-order valence-electron chi connectivity index (χ1n) is 6.42. The summed E-state index contributed by atoms with van der Waals surface area (Å²) in [6.07, 6.45) is 4.51. The Morgan fingerprint density at radius 2 is 2.20 bits per heavy atom. The van der Waals surface area contributed by atoms with Gasteiger partial charge in [-0.05, 0) is 19.8 Å². The highest BCUT2D eigenvalue weighted by atomic mass is 16.7. The van der Waals surface area contributed by atoms with E-state index in [0.29, 0.717) is 6.54 Å². The molecule has 1 atom stereocenters. The molecule has 116 valence electrons. The van der Waals surface area contributed by atoms with Crippen molar-refractivity contribution >= 4 is 11.9 Å². The molecule has 0 aliphatic heterocycles. The summed E-state index contributed by atoms with van der Waals surface area (Å²) in [5.41, 5.74) is 6.86. The van der Waals surface area contributed by atoms with Crippen LogP contribution in [-0.2, 0) is 4.79 Å². The summed E-state index contributed by atoms with van der Waals surface area (Å²) in [5.74, 6) is -0.118. The Hall–Kier alpha value is -2.12. The molecule has 0 aliphatic rings. The van der Waals surface area contributed by atoms with E-state index in [0.717, 1.165) is 19.3 Å². The smallest absolute Gasteiger partial charge is 0.251 e. The molecule has 0 spiro atoms. The van der Waals surface area contributed by atoms with Crippen molar-refractivity contribution in [1.29, 1.82) is 0 Å². The van der Waals surface area contributed by atoms with E-state index in [9.17, 15) is 14.9 Å². The fraction of sp³-hybridized carbons (Fsp3) is 0.667. The van der Waals surface area contributed by atoms with Gasteiger partial charge in [-0.25, -0.2) is 15.1 Å². The lowest BCUT2D eigenvalue weighted by Gasteiger charge is -2.07. The molecule has 8 heteroatoms. The van der Waals surface area contributed by atoms with Crippen molar-refractivity contribution in [3.63, 3.8) is 0 Å². The van der Waals surface area contributed by atoms with E-state index in [1.807, 2.05) is 13.8 Å². The number of guanidine groups is 1. The highest BCUT2D eigenvalue weighted by molar-refractivity contribution is 5.76. The number of unbranched alkanes of at least 4 members (excludes halogenated alkanes) is 1. The standard InChI is InChI=1S/C7H13NO.C5H12N4O2/c1-4-5-6(2)8-7(3)9;1-2-3-4-7-5(6)8-9(10)11/h4,6H,1,5H2,2-3H3,(H,8,9);2-4H2,1H3,(H3,6,7,8). The quantitative estimate of drug-likeness (QED) is 0.161. The van der Waals surface area contributed by atoms with E-state index in [-0.39, 0.29) is 17.9 Å². The number of carbonyl (C=O) groups is 1. The van der Waals surface area contributed by atoms with E-state index < -0.39 is 5.03 Å². The number of nitrogens with zero attached hydrogens (tertiary/aromatic N) is 2. The van der Waals surface area contributed by atoms with Crippen LogP contribution in [0.4, 0.5) is 0 Å². The summed E-state index contributed by atoms with van der Waals surface area (Å²) < 4.78 is 0. The van der Waals surface area contributed by atoms with Crippen molar-refractivity contribution < 1.29 is 9.83 Å². The van der Waals surface area contributed by atoms with Gasteiger partial charge in [0, 0.05) is 19.5 Å². The first-order chi connectivity index (χ1) is 9.33. The van der Waals surface area contributed by atoms with Crippen LogP contribution in [0.5, 0.6) is 0 Å². The zero-order valence-corrected chi connectivity index (χ0v) is 12.4. The number of aliphatic imine (C=N–C) groups is 1. The highest BCUT2D eigenvalue weighted by Crippen LogP contribution is 1.88. The number of nitrogens with one attached hydrogen (secondary N) is 2. The zero-order valence-electron chi connectivity index (χ0n) is 12.4.